The standard InChI is InChI=1S/C24H28N6O2/c1-32-20-3-2-11-29(15-20)19-6-7-21(27-14-19)28-22-13-18(8-10-26-22)30-12-9-24(16-25,23(30)31)17-4-5-17/h6-8,10,13-14,17,20H,2-5,9,11-12,15H2,1H3,(H,26,27,28)/t20-,24+/m0/s1. The highest BCUT2D eigenvalue weighted by Crippen LogP contribution is 2.51. The van der Waals surface area contributed by atoms with E-state index in [1.165, 1.54) is 0 Å². The van der Waals surface area contributed by atoms with E-state index < -0.39 is 5.41 Å². The van der Waals surface area contributed by atoms with Gasteiger partial charge in [-0.1, -0.05) is 0 Å². The molecule has 0 unspecified atom stereocenters. The number of rotatable bonds is 6. The Labute approximate surface area is 188 Å². The van der Waals surface area contributed by atoms with Gasteiger partial charge in [0.05, 0.1) is 24.1 Å². The van der Waals surface area contributed by atoms with Gasteiger partial charge in [0, 0.05) is 44.7 Å². The largest absolute Gasteiger partial charge is 0.380 e. The molecule has 166 valence electrons. The maximum absolute atomic E-state index is 13.1. The molecule has 5 rings (SSSR count). The molecule has 0 spiro atoms. The summed E-state index contributed by atoms with van der Waals surface area (Å²) in [5.41, 5.74) is 1.00. The van der Waals surface area contributed by atoms with Gasteiger partial charge in [-0.15, -0.1) is 0 Å². The van der Waals surface area contributed by atoms with Crippen molar-refractivity contribution in [1.82, 2.24) is 9.97 Å². The molecule has 1 N–H and O–H groups in total. The number of nitrogens with zero attached hydrogens (tertiary/aromatic N) is 5. The molecule has 0 radical (unpaired) electrons. The molecule has 2 atom stereocenters. The molecule has 2 aliphatic heterocycles. The number of ether oxygens (including phenoxy) is 1. The molecule has 8 heteroatoms. The molecular weight excluding hydrogens is 404 g/mol. The molecule has 0 aromatic carbocycles. The summed E-state index contributed by atoms with van der Waals surface area (Å²) in [4.78, 5) is 26.0. The predicted molar refractivity (Wildman–Crippen MR) is 122 cm³/mol. The predicted octanol–water partition coefficient (Wildman–Crippen LogP) is 3.49. The summed E-state index contributed by atoms with van der Waals surface area (Å²) in [6.45, 7) is 2.45. The van der Waals surface area contributed by atoms with Crippen LogP contribution >= 0.6 is 0 Å². The minimum absolute atomic E-state index is 0.0713. The number of methoxy groups -OCH3 is 1. The number of anilines is 4. The quantitative estimate of drug-likeness (QED) is 0.747. The molecule has 2 aromatic heterocycles. The summed E-state index contributed by atoms with van der Waals surface area (Å²) in [5.74, 6) is 1.45. The summed E-state index contributed by atoms with van der Waals surface area (Å²) in [7, 11) is 1.77. The third-order valence-corrected chi connectivity index (χ3v) is 6.97. The van der Waals surface area contributed by atoms with Gasteiger partial charge < -0.3 is 19.9 Å². The van der Waals surface area contributed by atoms with E-state index in [9.17, 15) is 10.1 Å². The molecule has 3 aliphatic rings. The van der Waals surface area contributed by atoms with Crippen LogP contribution < -0.4 is 15.1 Å². The number of aromatic nitrogens is 2. The van der Waals surface area contributed by atoms with Gasteiger partial charge in [0.1, 0.15) is 17.1 Å². The summed E-state index contributed by atoms with van der Waals surface area (Å²) in [5, 5.41) is 12.9. The Bertz CT molecular complexity index is 1030. The van der Waals surface area contributed by atoms with Gasteiger partial charge in [0.2, 0.25) is 5.91 Å². The van der Waals surface area contributed by atoms with Crippen molar-refractivity contribution in [1.29, 1.82) is 5.26 Å². The van der Waals surface area contributed by atoms with Crippen molar-refractivity contribution < 1.29 is 9.53 Å². The van der Waals surface area contributed by atoms with Gasteiger partial charge in [-0.2, -0.15) is 5.26 Å². The highest BCUT2D eigenvalue weighted by Gasteiger charge is 2.56. The summed E-state index contributed by atoms with van der Waals surface area (Å²) in [6.07, 6.45) is 8.56. The van der Waals surface area contributed by atoms with E-state index in [1.807, 2.05) is 24.4 Å². The van der Waals surface area contributed by atoms with Crippen LogP contribution in [0, 0.1) is 22.7 Å². The topological polar surface area (TPSA) is 94.4 Å². The number of hydrogen-bond donors (Lipinski definition) is 1. The van der Waals surface area contributed by atoms with Crippen LogP contribution in [0.1, 0.15) is 32.1 Å². The van der Waals surface area contributed by atoms with Crippen molar-refractivity contribution in [3.63, 3.8) is 0 Å². The van der Waals surface area contributed by atoms with E-state index in [-0.39, 0.29) is 17.9 Å². The van der Waals surface area contributed by atoms with Crippen molar-refractivity contribution in [3.05, 3.63) is 36.7 Å². The third kappa shape index (κ3) is 3.78. The Morgan fingerprint density at radius 1 is 1.16 bits per heavy atom. The van der Waals surface area contributed by atoms with Gasteiger partial charge >= 0.3 is 0 Å². The van der Waals surface area contributed by atoms with Crippen molar-refractivity contribution in [3.8, 4) is 6.07 Å². The van der Waals surface area contributed by atoms with E-state index >= 15 is 0 Å². The molecule has 1 amide bonds. The molecule has 32 heavy (non-hydrogen) atoms. The lowest BCUT2D eigenvalue weighted by Crippen LogP contribution is -2.39. The van der Waals surface area contributed by atoms with Crippen LogP contribution in [-0.2, 0) is 9.53 Å². The number of piperidine rings is 1. The fourth-order valence-corrected chi connectivity index (χ4v) is 4.93. The van der Waals surface area contributed by atoms with Crippen LogP contribution in [0.15, 0.2) is 36.7 Å². The SMILES string of the molecule is CO[C@H]1CCCN(c2ccc(Nc3cc(N4CC[C@@](C#N)(C5CC5)C4=O)ccn3)nc2)C1. The third-order valence-electron chi connectivity index (χ3n) is 6.97. The average molecular weight is 433 g/mol. The van der Waals surface area contributed by atoms with Crippen molar-refractivity contribution in [2.75, 3.05) is 41.9 Å². The highest BCUT2D eigenvalue weighted by molar-refractivity contribution is 6.02. The smallest absolute Gasteiger partial charge is 0.247 e. The first-order chi connectivity index (χ1) is 15.6. The van der Waals surface area contributed by atoms with Gasteiger partial charge in [-0.05, 0) is 56.2 Å². The lowest BCUT2D eigenvalue weighted by Gasteiger charge is -2.33. The fraction of sp³-hybridized carbons (Fsp3) is 0.500. The van der Waals surface area contributed by atoms with E-state index in [0.717, 1.165) is 50.1 Å². The number of carbonyl (C=O) groups excluding carboxylic acids is 1. The second-order valence-corrected chi connectivity index (χ2v) is 8.94. The Kier molecular flexibility index (Phi) is 5.43. The van der Waals surface area contributed by atoms with Crippen LogP contribution in [0.4, 0.5) is 23.0 Å². The molecule has 2 saturated heterocycles. The van der Waals surface area contributed by atoms with E-state index in [1.54, 1.807) is 18.2 Å². The first-order valence-corrected chi connectivity index (χ1v) is 11.3. The second-order valence-electron chi connectivity index (χ2n) is 8.94. The number of nitriles is 1. The molecule has 8 nitrogen and oxygen atoms in total. The lowest BCUT2D eigenvalue weighted by molar-refractivity contribution is -0.123. The summed E-state index contributed by atoms with van der Waals surface area (Å²) < 4.78 is 5.51. The van der Waals surface area contributed by atoms with Gasteiger partial charge in [-0.25, -0.2) is 9.97 Å². The molecule has 1 saturated carbocycles. The maximum Gasteiger partial charge on any atom is 0.247 e. The normalized spacial score (nSPS) is 25.6. The van der Waals surface area contributed by atoms with Gasteiger partial charge in [0.15, 0.2) is 0 Å². The zero-order valence-electron chi connectivity index (χ0n) is 18.3. The first kappa shape index (κ1) is 20.7. The Morgan fingerprint density at radius 3 is 2.75 bits per heavy atom. The monoisotopic (exact) mass is 432 g/mol. The number of nitrogens with one attached hydrogen (secondary N) is 1. The number of carbonyl (C=O) groups is 1. The molecule has 1 aliphatic carbocycles. The number of amides is 1. The summed E-state index contributed by atoms with van der Waals surface area (Å²) >= 11 is 0. The zero-order chi connectivity index (χ0) is 22.1. The molecular formula is C24H28N6O2. The Hall–Kier alpha value is -3.18. The van der Waals surface area contributed by atoms with E-state index in [2.05, 4.69) is 32.3 Å². The molecule has 4 heterocycles. The van der Waals surface area contributed by atoms with Crippen molar-refractivity contribution >= 4 is 28.9 Å². The van der Waals surface area contributed by atoms with Gasteiger partial charge in [0.25, 0.3) is 0 Å². The minimum Gasteiger partial charge on any atom is -0.380 e. The van der Waals surface area contributed by atoms with Gasteiger partial charge in [-0.3, -0.25) is 4.79 Å². The summed E-state index contributed by atoms with van der Waals surface area (Å²) in [6, 6.07) is 10.0. The minimum atomic E-state index is -0.843. The first-order valence-electron chi connectivity index (χ1n) is 11.3. The molecule has 0 bridgehead atoms. The van der Waals surface area contributed by atoms with E-state index in [4.69, 9.17) is 4.74 Å². The fourth-order valence-electron chi connectivity index (χ4n) is 4.93. The van der Waals surface area contributed by atoms with Crippen LogP contribution in [0.3, 0.4) is 0 Å². The zero-order valence-corrected chi connectivity index (χ0v) is 18.3. The number of hydrogen-bond acceptors (Lipinski definition) is 7. The highest BCUT2D eigenvalue weighted by atomic mass is 16.5. The van der Waals surface area contributed by atoms with Crippen LogP contribution in [0.25, 0.3) is 0 Å². The van der Waals surface area contributed by atoms with Crippen LogP contribution in [0.5, 0.6) is 0 Å². The lowest BCUT2D eigenvalue weighted by atomic mass is 9.83. The maximum atomic E-state index is 13.1. The Balaban J connectivity index is 1.28. The molecule has 2 aromatic rings. The van der Waals surface area contributed by atoms with Crippen molar-refractivity contribution in [2.24, 2.45) is 11.3 Å². The van der Waals surface area contributed by atoms with Crippen LogP contribution in [0.2, 0.25) is 0 Å². The number of pyridine rings is 2. The average Bonchev–Trinajstić information content (AvgIpc) is 3.63. The molecule has 3 fully saturated rings. The van der Waals surface area contributed by atoms with Crippen molar-refractivity contribution in [2.45, 2.75) is 38.2 Å². The Morgan fingerprint density at radius 2 is 2.03 bits per heavy atom. The van der Waals surface area contributed by atoms with Crippen LogP contribution in [-0.4, -0.2) is 48.7 Å². The second kappa shape index (κ2) is 8.40. The van der Waals surface area contributed by atoms with E-state index in [0.29, 0.717) is 24.6 Å².